The highest BCUT2D eigenvalue weighted by Gasteiger charge is 2.15. The molecule has 0 radical (unpaired) electrons. The van der Waals surface area contributed by atoms with Crippen LogP contribution in [0.5, 0.6) is 0 Å². The van der Waals surface area contributed by atoms with E-state index >= 15 is 0 Å². The van der Waals surface area contributed by atoms with E-state index in [0.29, 0.717) is 28.1 Å². The zero-order valence-corrected chi connectivity index (χ0v) is 13.4. The molecule has 0 saturated heterocycles. The number of rotatable bonds is 5. The lowest BCUT2D eigenvalue weighted by atomic mass is 10.2. The summed E-state index contributed by atoms with van der Waals surface area (Å²) in [4.78, 5) is 29.1. The average Bonchev–Trinajstić information content (AvgIpc) is 2.93. The Morgan fingerprint density at radius 3 is 2.82 bits per heavy atom. The Morgan fingerprint density at radius 2 is 2.23 bits per heavy atom. The van der Waals surface area contributed by atoms with Gasteiger partial charge >= 0.3 is 6.03 Å². The highest BCUT2D eigenvalue weighted by Crippen LogP contribution is 2.18. The van der Waals surface area contributed by atoms with E-state index in [0.717, 1.165) is 16.9 Å². The second kappa shape index (κ2) is 7.24. The fraction of sp³-hybridized carbons (Fsp3) is 0.214. The molecule has 3 N–H and O–H groups in total. The third-order valence-corrected chi connectivity index (χ3v) is 4.06. The zero-order chi connectivity index (χ0) is 16.1. The summed E-state index contributed by atoms with van der Waals surface area (Å²) in [5.41, 5.74) is 6.09. The molecule has 0 bridgehead atoms. The molecular formula is C14H15ClN4O2S. The van der Waals surface area contributed by atoms with Crippen molar-refractivity contribution in [3.05, 3.63) is 45.9 Å². The van der Waals surface area contributed by atoms with Crippen molar-refractivity contribution in [1.82, 2.24) is 9.88 Å². The number of nitrogens with two attached hydrogens (primary N) is 1. The van der Waals surface area contributed by atoms with Crippen molar-refractivity contribution in [3.63, 3.8) is 0 Å². The number of primary amides is 1. The number of thiazole rings is 1. The minimum absolute atomic E-state index is 0.298. The maximum absolute atomic E-state index is 12.2. The lowest BCUT2D eigenvalue weighted by Crippen LogP contribution is -2.34. The fourth-order valence-corrected chi connectivity index (χ4v) is 2.67. The molecule has 0 spiro atoms. The number of halogens is 1. The van der Waals surface area contributed by atoms with Crippen molar-refractivity contribution >= 4 is 40.0 Å². The van der Waals surface area contributed by atoms with Gasteiger partial charge < -0.3 is 10.6 Å². The van der Waals surface area contributed by atoms with Gasteiger partial charge in [0.1, 0.15) is 4.88 Å². The molecule has 0 saturated carbocycles. The summed E-state index contributed by atoms with van der Waals surface area (Å²) in [5, 5.41) is 3.62. The lowest BCUT2D eigenvalue weighted by molar-refractivity contribution is 0.100. The molecule has 2 rings (SSSR count). The van der Waals surface area contributed by atoms with Crippen LogP contribution < -0.4 is 11.1 Å². The first-order valence-electron chi connectivity index (χ1n) is 6.55. The van der Waals surface area contributed by atoms with E-state index in [1.165, 1.54) is 6.20 Å². The van der Waals surface area contributed by atoms with Crippen LogP contribution in [0.3, 0.4) is 0 Å². The Bertz CT molecular complexity index is 689. The van der Waals surface area contributed by atoms with Crippen molar-refractivity contribution in [2.24, 2.45) is 5.73 Å². The predicted molar refractivity (Wildman–Crippen MR) is 87.2 cm³/mol. The summed E-state index contributed by atoms with van der Waals surface area (Å²) in [5.74, 6) is -0.565. The first-order chi connectivity index (χ1) is 10.5. The Kier molecular flexibility index (Phi) is 5.35. The second-order valence-corrected chi connectivity index (χ2v) is 5.94. The van der Waals surface area contributed by atoms with Gasteiger partial charge in [-0.1, -0.05) is 35.1 Å². The van der Waals surface area contributed by atoms with Crippen LogP contribution in [-0.2, 0) is 6.54 Å². The van der Waals surface area contributed by atoms with E-state index < -0.39 is 5.91 Å². The molecule has 0 aliphatic heterocycles. The molecule has 2 aromatic rings. The summed E-state index contributed by atoms with van der Waals surface area (Å²) in [6, 6.07) is 7.03. The third kappa shape index (κ3) is 4.19. The summed E-state index contributed by atoms with van der Waals surface area (Å²) in [6.07, 6.45) is 1.34. The first kappa shape index (κ1) is 16.3. The van der Waals surface area contributed by atoms with Gasteiger partial charge in [-0.05, 0) is 24.6 Å². The van der Waals surface area contributed by atoms with Gasteiger partial charge in [-0.25, -0.2) is 9.78 Å². The standard InChI is InChI=1S/C14H15ClN4O2S/c1-2-19(8-9-4-3-5-10(15)6-9)14(21)18-13-17-7-11(22-13)12(16)20/h3-7H,2,8H2,1H3,(H2,16,20)(H,17,18,21). The summed E-state index contributed by atoms with van der Waals surface area (Å²) < 4.78 is 0. The number of hydrogen-bond donors (Lipinski definition) is 2. The van der Waals surface area contributed by atoms with Crippen molar-refractivity contribution < 1.29 is 9.59 Å². The number of nitrogens with zero attached hydrogens (tertiary/aromatic N) is 2. The van der Waals surface area contributed by atoms with Gasteiger partial charge in [0, 0.05) is 18.1 Å². The maximum Gasteiger partial charge on any atom is 0.323 e. The van der Waals surface area contributed by atoms with Gasteiger partial charge in [0.25, 0.3) is 5.91 Å². The first-order valence-corrected chi connectivity index (χ1v) is 7.75. The van der Waals surface area contributed by atoms with Gasteiger partial charge in [-0.15, -0.1) is 0 Å². The number of carbonyl (C=O) groups is 2. The second-order valence-electron chi connectivity index (χ2n) is 4.47. The summed E-state index contributed by atoms with van der Waals surface area (Å²) >= 11 is 6.98. The van der Waals surface area contributed by atoms with E-state index in [9.17, 15) is 9.59 Å². The monoisotopic (exact) mass is 338 g/mol. The number of hydrogen-bond acceptors (Lipinski definition) is 4. The largest absolute Gasteiger partial charge is 0.365 e. The predicted octanol–water partition coefficient (Wildman–Crippen LogP) is 2.95. The Hall–Kier alpha value is -2.12. The Morgan fingerprint density at radius 1 is 1.45 bits per heavy atom. The number of nitrogens with one attached hydrogen (secondary N) is 1. The molecule has 0 aliphatic carbocycles. The molecule has 0 aliphatic rings. The molecule has 116 valence electrons. The van der Waals surface area contributed by atoms with Crippen molar-refractivity contribution in [3.8, 4) is 0 Å². The van der Waals surface area contributed by atoms with Crippen LogP contribution in [0, 0.1) is 0 Å². The molecule has 1 aromatic carbocycles. The smallest absolute Gasteiger partial charge is 0.323 e. The van der Waals surface area contributed by atoms with Crippen LogP contribution in [0.4, 0.5) is 9.93 Å². The van der Waals surface area contributed by atoms with Crippen LogP contribution in [-0.4, -0.2) is 28.4 Å². The van der Waals surface area contributed by atoms with E-state index in [-0.39, 0.29) is 6.03 Å². The molecule has 0 fully saturated rings. The number of carbonyl (C=O) groups excluding carboxylic acids is 2. The highest BCUT2D eigenvalue weighted by molar-refractivity contribution is 7.17. The van der Waals surface area contributed by atoms with Gasteiger partial charge in [0.15, 0.2) is 5.13 Å². The minimum atomic E-state index is -0.565. The molecule has 3 amide bonds. The molecule has 22 heavy (non-hydrogen) atoms. The Balaban J connectivity index is 2.03. The quantitative estimate of drug-likeness (QED) is 0.878. The fourth-order valence-electron chi connectivity index (χ4n) is 1.80. The normalized spacial score (nSPS) is 10.3. The van der Waals surface area contributed by atoms with Crippen LogP contribution in [0.25, 0.3) is 0 Å². The molecule has 6 nitrogen and oxygen atoms in total. The number of aromatic nitrogens is 1. The molecule has 8 heteroatoms. The SMILES string of the molecule is CCN(Cc1cccc(Cl)c1)C(=O)Nc1ncc(C(N)=O)s1. The number of benzene rings is 1. The van der Waals surface area contributed by atoms with Crippen molar-refractivity contribution in [2.45, 2.75) is 13.5 Å². The topological polar surface area (TPSA) is 88.3 Å². The third-order valence-electron chi connectivity index (χ3n) is 2.89. The van der Waals surface area contributed by atoms with E-state index in [2.05, 4.69) is 10.3 Å². The number of amides is 3. The average molecular weight is 339 g/mol. The summed E-state index contributed by atoms with van der Waals surface area (Å²) in [7, 11) is 0. The number of anilines is 1. The molecule has 1 heterocycles. The highest BCUT2D eigenvalue weighted by atomic mass is 35.5. The van der Waals surface area contributed by atoms with Gasteiger partial charge in [0.05, 0.1) is 6.20 Å². The molecule has 0 atom stereocenters. The molecule has 1 aromatic heterocycles. The molecule has 0 unspecified atom stereocenters. The van der Waals surface area contributed by atoms with Crippen LogP contribution in [0.2, 0.25) is 5.02 Å². The molecular weight excluding hydrogens is 324 g/mol. The van der Waals surface area contributed by atoms with Crippen molar-refractivity contribution in [2.75, 3.05) is 11.9 Å². The Labute approximate surface area is 136 Å². The van der Waals surface area contributed by atoms with E-state index in [4.69, 9.17) is 17.3 Å². The summed E-state index contributed by atoms with van der Waals surface area (Å²) in [6.45, 7) is 2.82. The lowest BCUT2D eigenvalue weighted by Gasteiger charge is -2.20. The van der Waals surface area contributed by atoms with Gasteiger partial charge in [0.2, 0.25) is 0 Å². The van der Waals surface area contributed by atoms with E-state index in [1.54, 1.807) is 11.0 Å². The van der Waals surface area contributed by atoms with Crippen LogP contribution in [0.15, 0.2) is 30.5 Å². The van der Waals surface area contributed by atoms with Crippen molar-refractivity contribution in [1.29, 1.82) is 0 Å². The van der Waals surface area contributed by atoms with Crippen LogP contribution >= 0.6 is 22.9 Å². The number of urea groups is 1. The van der Waals surface area contributed by atoms with Crippen LogP contribution in [0.1, 0.15) is 22.2 Å². The van der Waals surface area contributed by atoms with Gasteiger partial charge in [-0.3, -0.25) is 10.1 Å². The zero-order valence-electron chi connectivity index (χ0n) is 11.9. The van der Waals surface area contributed by atoms with Gasteiger partial charge in [-0.2, -0.15) is 0 Å². The minimum Gasteiger partial charge on any atom is -0.365 e. The maximum atomic E-state index is 12.2. The van der Waals surface area contributed by atoms with E-state index in [1.807, 2.05) is 25.1 Å².